The van der Waals surface area contributed by atoms with E-state index in [1.807, 2.05) is 13.8 Å². The minimum atomic E-state index is -0.680. The molecule has 0 saturated heterocycles. The van der Waals surface area contributed by atoms with Crippen LogP contribution in [0, 0.1) is 24.0 Å². The molecule has 2 heterocycles. The predicted octanol–water partition coefficient (Wildman–Crippen LogP) is 3.96. The third-order valence-electron chi connectivity index (χ3n) is 4.71. The molecule has 0 spiro atoms. The van der Waals surface area contributed by atoms with Crippen LogP contribution >= 0.6 is 0 Å². The number of rotatable bonds is 8. The summed E-state index contributed by atoms with van der Waals surface area (Å²) in [7, 11) is 1.59. The van der Waals surface area contributed by atoms with Gasteiger partial charge >= 0.3 is 5.69 Å². The number of aromatic nitrogens is 3. The van der Waals surface area contributed by atoms with Crippen LogP contribution in [0.5, 0.6) is 11.5 Å². The van der Waals surface area contributed by atoms with Crippen molar-refractivity contribution in [2.24, 2.45) is 7.05 Å². The maximum absolute atomic E-state index is 12.8. The van der Waals surface area contributed by atoms with Crippen LogP contribution < -0.4 is 15.4 Å². The number of ether oxygens (including phenoxy) is 1. The lowest BCUT2D eigenvalue weighted by molar-refractivity contribution is -0.384. The molecule has 0 radical (unpaired) electrons. The number of pyridine rings is 1. The quantitative estimate of drug-likeness (QED) is 0.414. The first-order chi connectivity index (χ1) is 14.8. The molecule has 0 aliphatic rings. The summed E-state index contributed by atoms with van der Waals surface area (Å²) in [5.74, 6) is 1.15. The van der Waals surface area contributed by atoms with Crippen LogP contribution in [0.2, 0.25) is 0 Å². The molecular weight excluding hydrogens is 400 g/mol. The molecule has 3 aromatic rings. The number of anilines is 2. The molecule has 0 unspecified atom stereocenters. The van der Waals surface area contributed by atoms with Crippen molar-refractivity contribution in [2.45, 2.75) is 33.2 Å². The number of carbonyl (C=O) groups excluding carboxylic acids is 1. The highest BCUT2D eigenvalue weighted by atomic mass is 16.6. The highest BCUT2D eigenvalue weighted by Gasteiger charge is 2.28. The summed E-state index contributed by atoms with van der Waals surface area (Å²) < 4.78 is 7.18. The summed E-state index contributed by atoms with van der Waals surface area (Å²) >= 11 is 0. The van der Waals surface area contributed by atoms with Gasteiger partial charge in [0.2, 0.25) is 11.7 Å². The Balaban J connectivity index is 1.73. The lowest BCUT2D eigenvalue weighted by Gasteiger charge is -2.18. The minimum absolute atomic E-state index is 0.138. The number of hydrogen-bond acceptors (Lipinski definition) is 7. The second-order valence-electron chi connectivity index (χ2n) is 7.03. The topological polar surface area (TPSA) is 124 Å². The first-order valence-corrected chi connectivity index (χ1v) is 9.74. The van der Waals surface area contributed by atoms with Gasteiger partial charge in [0.25, 0.3) is 0 Å². The highest BCUT2D eigenvalue weighted by molar-refractivity contribution is 5.96. The van der Waals surface area contributed by atoms with Crippen molar-refractivity contribution in [1.29, 1.82) is 0 Å². The molecule has 0 bridgehead atoms. The summed E-state index contributed by atoms with van der Waals surface area (Å²) in [5.41, 5.74) is 1.57. The maximum Gasteiger partial charge on any atom is 0.333 e. The Hall–Kier alpha value is -3.95. The van der Waals surface area contributed by atoms with E-state index in [2.05, 4.69) is 20.7 Å². The van der Waals surface area contributed by atoms with Crippen LogP contribution in [0.4, 0.5) is 17.2 Å². The molecule has 2 aromatic heterocycles. The van der Waals surface area contributed by atoms with E-state index in [4.69, 9.17) is 4.74 Å². The van der Waals surface area contributed by atoms with E-state index in [1.165, 1.54) is 4.68 Å². The number of nitrogens with one attached hydrogen (secondary N) is 2. The molecule has 2 N–H and O–H groups in total. The Kier molecular flexibility index (Phi) is 6.49. The van der Waals surface area contributed by atoms with E-state index >= 15 is 0 Å². The lowest BCUT2D eigenvalue weighted by atomic mass is 10.1. The summed E-state index contributed by atoms with van der Waals surface area (Å²) in [6.45, 7) is 5.25. The third kappa shape index (κ3) is 4.97. The average Bonchev–Trinajstić information content (AvgIpc) is 3.01. The van der Waals surface area contributed by atoms with Crippen molar-refractivity contribution in [3.63, 3.8) is 0 Å². The van der Waals surface area contributed by atoms with Gasteiger partial charge in [-0.05, 0) is 56.2 Å². The van der Waals surface area contributed by atoms with Gasteiger partial charge in [0.05, 0.1) is 11.1 Å². The molecule has 3 rings (SSSR count). The van der Waals surface area contributed by atoms with E-state index in [1.54, 1.807) is 56.7 Å². The third-order valence-corrected chi connectivity index (χ3v) is 4.71. The number of amides is 1. The fourth-order valence-electron chi connectivity index (χ4n) is 3.15. The zero-order chi connectivity index (χ0) is 22.5. The van der Waals surface area contributed by atoms with Crippen molar-refractivity contribution >= 4 is 23.1 Å². The number of nitro groups is 1. The Bertz CT molecular complexity index is 1100. The van der Waals surface area contributed by atoms with Crippen molar-refractivity contribution < 1.29 is 14.5 Å². The Labute approximate surface area is 179 Å². The molecular formula is C21H24N6O4. The number of carbonyl (C=O) groups is 1. The first kappa shape index (κ1) is 21.8. The van der Waals surface area contributed by atoms with Crippen molar-refractivity contribution in [1.82, 2.24) is 14.8 Å². The molecule has 1 amide bonds. The van der Waals surface area contributed by atoms with Crippen LogP contribution in [-0.4, -0.2) is 31.6 Å². The smallest absolute Gasteiger partial charge is 0.333 e. The fourth-order valence-corrected chi connectivity index (χ4v) is 3.15. The molecule has 10 nitrogen and oxygen atoms in total. The first-order valence-electron chi connectivity index (χ1n) is 9.74. The van der Waals surface area contributed by atoms with Gasteiger partial charge in [-0.1, -0.05) is 6.92 Å². The number of nitrogens with zero attached hydrogens (tertiary/aromatic N) is 4. The Morgan fingerprint density at radius 2 is 2.10 bits per heavy atom. The zero-order valence-corrected chi connectivity index (χ0v) is 17.7. The maximum atomic E-state index is 12.8. The summed E-state index contributed by atoms with van der Waals surface area (Å²) in [6.07, 6.45) is 3.71. The second kappa shape index (κ2) is 9.24. The van der Waals surface area contributed by atoms with Gasteiger partial charge in [-0.15, -0.1) is 0 Å². The van der Waals surface area contributed by atoms with Crippen molar-refractivity contribution in [3.05, 3.63) is 64.1 Å². The summed E-state index contributed by atoms with van der Waals surface area (Å²) in [5, 5.41) is 21.3. The molecule has 162 valence electrons. The Morgan fingerprint density at radius 1 is 1.32 bits per heavy atom. The van der Waals surface area contributed by atoms with Crippen LogP contribution in [0.1, 0.15) is 24.6 Å². The average molecular weight is 424 g/mol. The lowest BCUT2D eigenvalue weighted by Crippen LogP contribution is -2.35. The highest BCUT2D eigenvalue weighted by Crippen LogP contribution is 2.29. The molecule has 31 heavy (non-hydrogen) atoms. The molecule has 0 fully saturated rings. The number of hydrogen-bond donors (Lipinski definition) is 2. The normalized spacial score (nSPS) is 11.6. The van der Waals surface area contributed by atoms with Crippen LogP contribution in [0.15, 0.2) is 42.7 Å². The van der Waals surface area contributed by atoms with Gasteiger partial charge in [-0.25, -0.2) is 4.68 Å². The van der Waals surface area contributed by atoms with E-state index in [-0.39, 0.29) is 23.1 Å². The van der Waals surface area contributed by atoms with Gasteiger partial charge in [-0.3, -0.25) is 19.9 Å². The second-order valence-corrected chi connectivity index (χ2v) is 7.03. The molecule has 10 heteroatoms. The Morgan fingerprint density at radius 3 is 2.71 bits per heavy atom. The largest absolute Gasteiger partial charge is 0.455 e. The molecule has 0 aliphatic heterocycles. The van der Waals surface area contributed by atoms with Gasteiger partial charge in [0, 0.05) is 18.9 Å². The minimum Gasteiger partial charge on any atom is -0.455 e. The van der Waals surface area contributed by atoms with Crippen molar-refractivity contribution in [3.8, 4) is 11.5 Å². The van der Waals surface area contributed by atoms with E-state index in [9.17, 15) is 14.9 Å². The molecule has 1 atom stereocenters. The van der Waals surface area contributed by atoms with E-state index < -0.39 is 11.0 Å². The molecule has 0 aliphatic carbocycles. The standard InChI is InChI=1S/C21H24N6O4/c1-5-17(24-20-19(27(29)30)14(3)25-26(20)4)21(28)23-15-8-9-18(13(2)11-15)31-16-7-6-10-22-12-16/h6-12,17,24H,5H2,1-4H3,(H,23,28)/t17-/m0/s1. The van der Waals surface area contributed by atoms with E-state index in [0.717, 1.165) is 5.56 Å². The summed E-state index contributed by atoms with van der Waals surface area (Å²) in [6, 6.07) is 8.21. The number of aryl methyl sites for hydroxylation is 3. The van der Waals surface area contributed by atoms with Gasteiger partial charge in [-0.2, -0.15) is 5.10 Å². The molecule has 1 aromatic carbocycles. The monoisotopic (exact) mass is 424 g/mol. The van der Waals surface area contributed by atoms with E-state index in [0.29, 0.717) is 23.6 Å². The fraction of sp³-hybridized carbons (Fsp3) is 0.286. The van der Waals surface area contributed by atoms with Gasteiger partial charge in [0.15, 0.2) is 0 Å². The van der Waals surface area contributed by atoms with Crippen LogP contribution in [0.3, 0.4) is 0 Å². The zero-order valence-electron chi connectivity index (χ0n) is 17.7. The van der Waals surface area contributed by atoms with Crippen LogP contribution in [0.25, 0.3) is 0 Å². The van der Waals surface area contributed by atoms with Crippen LogP contribution in [-0.2, 0) is 11.8 Å². The molecule has 0 saturated carbocycles. The van der Waals surface area contributed by atoms with Gasteiger partial charge < -0.3 is 15.4 Å². The van der Waals surface area contributed by atoms with Crippen molar-refractivity contribution in [2.75, 3.05) is 10.6 Å². The van der Waals surface area contributed by atoms with Gasteiger partial charge in [0.1, 0.15) is 23.2 Å². The number of benzene rings is 1. The predicted molar refractivity (Wildman–Crippen MR) is 116 cm³/mol. The SMILES string of the molecule is CC[C@H](Nc1c([N+](=O)[O-])c(C)nn1C)C(=O)Nc1ccc(Oc2cccnc2)c(C)c1. The summed E-state index contributed by atoms with van der Waals surface area (Å²) in [4.78, 5) is 27.7.